The van der Waals surface area contributed by atoms with Gasteiger partial charge in [0.1, 0.15) is 0 Å². The van der Waals surface area contributed by atoms with Gasteiger partial charge in [0.05, 0.1) is 23.8 Å². The van der Waals surface area contributed by atoms with E-state index in [9.17, 15) is 4.79 Å². The summed E-state index contributed by atoms with van der Waals surface area (Å²) in [4.78, 5) is 23.3. The second kappa shape index (κ2) is 6.52. The third-order valence-electron chi connectivity index (χ3n) is 4.67. The monoisotopic (exact) mass is 325 g/mol. The van der Waals surface area contributed by atoms with Gasteiger partial charge in [0, 0.05) is 6.54 Å². The van der Waals surface area contributed by atoms with Crippen LogP contribution in [0.1, 0.15) is 18.7 Å². The van der Waals surface area contributed by atoms with Crippen molar-refractivity contribution in [1.29, 1.82) is 0 Å². The molecule has 24 heavy (non-hydrogen) atoms. The average molecular weight is 325 g/mol. The molecule has 0 unspecified atom stereocenters. The Hall–Kier alpha value is -2.54. The Morgan fingerprint density at radius 1 is 1.17 bits per heavy atom. The summed E-state index contributed by atoms with van der Waals surface area (Å²) in [6.45, 7) is 3.41. The van der Waals surface area contributed by atoms with E-state index >= 15 is 0 Å². The highest BCUT2D eigenvalue weighted by Gasteiger charge is 2.21. The summed E-state index contributed by atoms with van der Waals surface area (Å²) in [5.74, 6) is 1.22. The molecule has 3 aromatic rings. The summed E-state index contributed by atoms with van der Waals surface area (Å²) in [6.07, 6.45) is 5.14. The van der Waals surface area contributed by atoms with Crippen LogP contribution in [-0.2, 0) is 13.1 Å². The molecular weight excluding hydrogens is 306 g/mol. The van der Waals surface area contributed by atoms with Crippen LogP contribution in [0.25, 0.3) is 10.9 Å². The molecule has 7 heteroatoms. The summed E-state index contributed by atoms with van der Waals surface area (Å²) in [6, 6.07) is 7.50. The molecule has 7 nitrogen and oxygen atoms in total. The normalized spacial score (nSPS) is 16.7. The summed E-state index contributed by atoms with van der Waals surface area (Å²) in [5, 5.41) is 4.55. The van der Waals surface area contributed by atoms with E-state index in [0.29, 0.717) is 11.3 Å². The van der Waals surface area contributed by atoms with E-state index in [2.05, 4.69) is 20.0 Å². The number of benzene rings is 1. The van der Waals surface area contributed by atoms with Gasteiger partial charge in [-0.15, -0.1) is 0 Å². The van der Waals surface area contributed by atoms with Crippen molar-refractivity contribution in [3.8, 4) is 0 Å². The van der Waals surface area contributed by atoms with Crippen molar-refractivity contribution in [2.45, 2.75) is 25.9 Å². The van der Waals surface area contributed by atoms with Gasteiger partial charge in [-0.3, -0.25) is 14.3 Å². The van der Waals surface area contributed by atoms with Crippen LogP contribution in [0.15, 0.2) is 46.3 Å². The highest BCUT2D eigenvalue weighted by atomic mass is 16.5. The number of piperidine rings is 1. The van der Waals surface area contributed by atoms with Gasteiger partial charge in [0.25, 0.3) is 5.56 Å². The topological polar surface area (TPSA) is 77.0 Å². The Morgan fingerprint density at radius 2 is 2.00 bits per heavy atom. The SMILES string of the molecule is O=c1c2ccccc2ncn1CC1CCN(Cc2ncon2)CC1. The van der Waals surface area contributed by atoms with Crippen LogP contribution >= 0.6 is 0 Å². The molecule has 1 aliphatic rings. The summed E-state index contributed by atoms with van der Waals surface area (Å²) < 4.78 is 6.52. The molecule has 0 saturated carbocycles. The fourth-order valence-corrected chi connectivity index (χ4v) is 3.30. The van der Waals surface area contributed by atoms with Crippen molar-refractivity contribution in [3.63, 3.8) is 0 Å². The molecule has 124 valence electrons. The molecule has 1 aliphatic heterocycles. The number of aromatic nitrogens is 4. The first kappa shape index (κ1) is 15.0. The lowest BCUT2D eigenvalue weighted by molar-refractivity contribution is 0.162. The molecule has 0 bridgehead atoms. The van der Waals surface area contributed by atoms with E-state index in [1.165, 1.54) is 6.39 Å². The first-order chi connectivity index (χ1) is 11.8. The average Bonchev–Trinajstić information content (AvgIpc) is 3.12. The van der Waals surface area contributed by atoms with Crippen LogP contribution in [0.5, 0.6) is 0 Å². The lowest BCUT2D eigenvalue weighted by atomic mass is 9.96. The van der Waals surface area contributed by atoms with Gasteiger partial charge in [0.2, 0.25) is 6.39 Å². The van der Waals surface area contributed by atoms with Crippen molar-refractivity contribution >= 4 is 10.9 Å². The standard InChI is InChI=1S/C17H19N5O2/c23-17-14-3-1-2-4-15(14)18-11-22(17)9-13-5-7-21(8-6-13)10-16-19-12-24-20-16/h1-4,11-13H,5-10H2. The molecule has 0 spiro atoms. The minimum Gasteiger partial charge on any atom is -0.343 e. The van der Waals surface area contributed by atoms with Gasteiger partial charge in [0.15, 0.2) is 5.82 Å². The second-order valence-corrected chi connectivity index (χ2v) is 6.29. The van der Waals surface area contributed by atoms with E-state index in [1.54, 1.807) is 10.9 Å². The molecule has 1 saturated heterocycles. The Morgan fingerprint density at radius 3 is 2.79 bits per heavy atom. The van der Waals surface area contributed by atoms with E-state index in [4.69, 9.17) is 4.52 Å². The van der Waals surface area contributed by atoms with Crippen molar-refractivity contribution in [2.75, 3.05) is 13.1 Å². The van der Waals surface area contributed by atoms with Gasteiger partial charge < -0.3 is 4.52 Å². The number of nitrogens with zero attached hydrogens (tertiary/aromatic N) is 5. The van der Waals surface area contributed by atoms with Crippen LogP contribution in [0.2, 0.25) is 0 Å². The zero-order chi connectivity index (χ0) is 16.4. The van der Waals surface area contributed by atoms with Crippen LogP contribution in [-0.4, -0.2) is 37.7 Å². The third kappa shape index (κ3) is 3.07. The zero-order valence-corrected chi connectivity index (χ0v) is 13.3. The molecule has 0 aliphatic carbocycles. The zero-order valence-electron chi connectivity index (χ0n) is 13.3. The first-order valence-corrected chi connectivity index (χ1v) is 8.21. The quantitative estimate of drug-likeness (QED) is 0.726. The molecule has 0 amide bonds. The van der Waals surface area contributed by atoms with Crippen LogP contribution in [0, 0.1) is 5.92 Å². The Labute approximate surface area is 138 Å². The van der Waals surface area contributed by atoms with E-state index in [-0.39, 0.29) is 5.56 Å². The maximum atomic E-state index is 12.6. The van der Waals surface area contributed by atoms with E-state index in [0.717, 1.165) is 50.4 Å². The van der Waals surface area contributed by atoms with Crippen LogP contribution < -0.4 is 5.56 Å². The molecule has 2 aromatic heterocycles. The van der Waals surface area contributed by atoms with E-state index in [1.807, 2.05) is 24.3 Å². The second-order valence-electron chi connectivity index (χ2n) is 6.29. The van der Waals surface area contributed by atoms with Crippen molar-refractivity contribution < 1.29 is 4.52 Å². The maximum Gasteiger partial charge on any atom is 0.261 e. The molecule has 1 fully saturated rings. The predicted molar refractivity (Wildman–Crippen MR) is 88.3 cm³/mol. The van der Waals surface area contributed by atoms with Gasteiger partial charge in [-0.2, -0.15) is 4.98 Å². The number of rotatable bonds is 4. The molecule has 1 aromatic carbocycles. The number of likely N-dealkylation sites (tertiary alicyclic amines) is 1. The maximum absolute atomic E-state index is 12.6. The molecule has 0 N–H and O–H groups in total. The Balaban J connectivity index is 1.40. The summed E-state index contributed by atoms with van der Waals surface area (Å²) in [5.41, 5.74) is 0.809. The highest BCUT2D eigenvalue weighted by Crippen LogP contribution is 2.19. The molecule has 0 radical (unpaired) electrons. The van der Waals surface area contributed by atoms with Crippen LogP contribution in [0.3, 0.4) is 0 Å². The van der Waals surface area contributed by atoms with Crippen molar-refractivity contribution in [3.05, 3.63) is 53.2 Å². The predicted octanol–water partition coefficient (Wildman–Crippen LogP) is 1.69. The summed E-state index contributed by atoms with van der Waals surface area (Å²) >= 11 is 0. The van der Waals surface area contributed by atoms with Crippen molar-refractivity contribution in [2.24, 2.45) is 5.92 Å². The highest BCUT2D eigenvalue weighted by molar-refractivity contribution is 5.76. The number of hydrogen-bond acceptors (Lipinski definition) is 6. The smallest absolute Gasteiger partial charge is 0.261 e. The molecule has 3 heterocycles. The Bertz CT molecular complexity index is 866. The van der Waals surface area contributed by atoms with Crippen molar-refractivity contribution in [1.82, 2.24) is 24.6 Å². The largest absolute Gasteiger partial charge is 0.343 e. The first-order valence-electron chi connectivity index (χ1n) is 8.21. The molecular formula is C17H19N5O2. The molecule has 4 rings (SSSR count). The minimum absolute atomic E-state index is 0.0508. The van der Waals surface area contributed by atoms with E-state index < -0.39 is 0 Å². The fourth-order valence-electron chi connectivity index (χ4n) is 3.30. The van der Waals surface area contributed by atoms with Gasteiger partial charge in [-0.05, 0) is 44.0 Å². The number of para-hydroxylation sites is 1. The molecule has 0 atom stereocenters. The third-order valence-corrected chi connectivity index (χ3v) is 4.67. The number of hydrogen-bond donors (Lipinski definition) is 0. The lowest BCUT2D eigenvalue weighted by Crippen LogP contribution is -2.36. The van der Waals surface area contributed by atoms with Gasteiger partial charge >= 0.3 is 0 Å². The van der Waals surface area contributed by atoms with Crippen LogP contribution in [0.4, 0.5) is 0 Å². The lowest BCUT2D eigenvalue weighted by Gasteiger charge is -2.31. The summed E-state index contributed by atoms with van der Waals surface area (Å²) in [7, 11) is 0. The Kier molecular flexibility index (Phi) is 4.08. The minimum atomic E-state index is 0.0508. The fraction of sp³-hybridized carbons (Fsp3) is 0.412. The van der Waals surface area contributed by atoms with Gasteiger partial charge in [-0.1, -0.05) is 17.3 Å². The number of fused-ring (bicyclic) bond motifs is 1. The van der Waals surface area contributed by atoms with Gasteiger partial charge in [-0.25, -0.2) is 4.98 Å².